The summed E-state index contributed by atoms with van der Waals surface area (Å²) in [5.41, 5.74) is 6.58. The standard InChI is InChI=1S/C4H8O.C3H8N.Li/c1-2-4-5-3-1;1-3(2)4;/h1-4H2;3-4H,1-2H3;/q;-1;+1. The van der Waals surface area contributed by atoms with Crippen molar-refractivity contribution in [3.8, 4) is 0 Å². The van der Waals surface area contributed by atoms with Crippen molar-refractivity contribution in [3.05, 3.63) is 5.73 Å². The van der Waals surface area contributed by atoms with Gasteiger partial charge in [0.25, 0.3) is 0 Å². The van der Waals surface area contributed by atoms with Crippen LogP contribution in [0.1, 0.15) is 26.7 Å². The van der Waals surface area contributed by atoms with Crippen molar-refractivity contribution in [2.75, 3.05) is 13.2 Å². The third-order valence-electron chi connectivity index (χ3n) is 0.827. The fourth-order valence-corrected chi connectivity index (χ4v) is 0.510. The molecule has 1 heterocycles. The first kappa shape index (κ1) is 13.1. The summed E-state index contributed by atoms with van der Waals surface area (Å²) >= 11 is 0. The Hall–Kier alpha value is 0.517. The van der Waals surface area contributed by atoms with E-state index in [9.17, 15) is 0 Å². The van der Waals surface area contributed by atoms with Gasteiger partial charge in [-0.25, -0.2) is 0 Å². The summed E-state index contributed by atoms with van der Waals surface area (Å²) in [7, 11) is 0. The molecule has 0 radical (unpaired) electrons. The molecule has 1 aliphatic heterocycles. The smallest absolute Gasteiger partial charge is 0.675 e. The number of nitrogens with one attached hydrogen (secondary N) is 1. The minimum Gasteiger partial charge on any atom is -0.675 e. The van der Waals surface area contributed by atoms with Crippen LogP contribution in [0.3, 0.4) is 0 Å². The minimum atomic E-state index is 0. The van der Waals surface area contributed by atoms with E-state index < -0.39 is 0 Å². The van der Waals surface area contributed by atoms with Crippen LogP contribution in [-0.4, -0.2) is 19.3 Å². The molecule has 1 fully saturated rings. The molecule has 0 spiro atoms. The van der Waals surface area contributed by atoms with E-state index in [1.165, 1.54) is 12.8 Å². The molecule has 0 aliphatic carbocycles. The van der Waals surface area contributed by atoms with Gasteiger partial charge in [0.1, 0.15) is 0 Å². The molecule has 0 aromatic carbocycles. The first-order chi connectivity index (χ1) is 4.23. The first-order valence-electron chi connectivity index (χ1n) is 3.52. The quantitative estimate of drug-likeness (QED) is 0.404. The van der Waals surface area contributed by atoms with Gasteiger partial charge in [0, 0.05) is 13.2 Å². The van der Waals surface area contributed by atoms with E-state index in [4.69, 9.17) is 10.5 Å². The van der Waals surface area contributed by atoms with Gasteiger partial charge in [-0.05, 0) is 12.8 Å². The maximum Gasteiger partial charge on any atom is 1.00 e. The topological polar surface area (TPSA) is 33.0 Å². The molecule has 0 atom stereocenters. The van der Waals surface area contributed by atoms with E-state index in [1.807, 2.05) is 13.8 Å². The zero-order valence-corrected chi connectivity index (χ0v) is 7.31. The predicted molar refractivity (Wildman–Crippen MR) is 39.5 cm³/mol. The van der Waals surface area contributed by atoms with Crippen LogP contribution in [0.4, 0.5) is 0 Å². The van der Waals surface area contributed by atoms with Gasteiger partial charge in [-0.3, -0.25) is 0 Å². The molecule has 0 aromatic rings. The van der Waals surface area contributed by atoms with Gasteiger partial charge in [0.15, 0.2) is 0 Å². The molecule has 56 valence electrons. The van der Waals surface area contributed by atoms with Gasteiger partial charge in [-0.2, -0.15) is 0 Å². The zero-order valence-electron chi connectivity index (χ0n) is 7.31. The Kier molecular flexibility index (Phi) is 12.5. The van der Waals surface area contributed by atoms with Crippen molar-refractivity contribution >= 4 is 0 Å². The van der Waals surface area contributed by atoms with Gasteiger partial charge in [0.2, 0.25) is 0 Å². The summed E-state index contributed by atoms with van der Waals surface area (Å²) in [6.45, 7) is 5.67. The largest absolute Gasteiger partial charge is 1.00 e. The SMILES string of the molecule is C1CCOC1.CC(C)[NH-].[Li+]. The Morgan fingerprint density at radius 3 is 1.60 bits per heavy atom. The van der Waals surface area contributed by atoms with E-state index in [2.05, 4.69) is 0 Å². The van der Waals surface area contributed by atoms with Gasteiger partial charge in [-0.1, -0.05) is 13.8 Å². The second-order valence-corrected chi connectivity index (χ2v) is 2.47. The summed E-state index contributed by atoms with van der Waals surface area (Å²) < 4.78 is 4.94. The summed E-state index contributed by atoms with van der Waals surface area (Å²) in [5.74, 6) is 0. The van der Waals surface area contributed by atoms with E-state index in [-0.39, 0.29) is 24.9 Å². The summed E-state index contributed by atoms with van der Waals surface area (Å²) in [6.07, 6.45) is 2.56. The van der Waals surface area contributed by atoms with Crippen molar-refractivity contribution in [1.29, 1.82) is 0 Å². The molecule has 0 saturated carbocycles. The Bertz CT molecular complexity index is 45.2. The average Bonchev–Trinajstić information content (AvgIpc) is 2.11. The Morgan fingerprint density at radius 2 is 1.50 bits per heavy atom. The van der Waals surface area contributed by atoms with Crippen molar-refractivity contribution in [2.24, 2.45) is 0 Å². The molecule has 0 unspecified atom stereocenters. The van der Waals surface area contributed by atoms with Crippen LogP contribution in [-0.2, 0) is 4.74 Å². The van der Waals surface area contributed by atoms with Crippen LogP contribution in [0.5, 0.6) is 0 Å². The van der Waals surface area contributed by atoms with Crippen molar-refractivity contribution in [2.45, 2.75) is 32.7 Å². The number of ether oxygens (including phenoxy) is 1. The van der Waals surface area contributed by atoms with E-state index in [0.717, 1.165) is 13.2 Å². The van der Waals surface area contributed by atoms with E-state index in [1.54, 1.807) is 0 Å². The summed E-state index contributed by atoms with van der Waals surface area (Å²) in [6, 6.07) is 0.0833. The van der Waals surface area contributed by atoms with Crippen molar-refractivity contribution in [3.63, 3.8) is 0 Å². The molecule has 0 bridgehead atoms. The van der Waals surface area contributed by atoms with Crippen LogP contribution < -0.4 is 18.9 Å². The molecule has 1 rings (SSSR count). The Morgan fingerprint density at radius 1 is 1.20 bits per heavy atom. The van der Waals surface area contributed by atoms with Crippen LogP contribution in [0.2, 0.25) is 0 Å². The normalized spacial score (nSPS) is 15.6. The third kappa shape index (κ3) is 15.8. The van der Waals surface area contributed by atoms with E-state index >= 15 is 0 Å². The molecule has 3 heteroatoms. The first-order valence-corrected chi connectivity index (χ1v) is 3.52. The van der Waals surface area contributed by atoms with Gasteiger partial charge in [0.05, 0.1) is 0 Å². The van der Waals surface area contributed by atoms with Gasteiger partial charge < -0.3 is 10.5 Å². The van der Waals surface area contributed by atoms with Crippen LogP contribution in [0.15, 0.2) is 0 Å². The third-order valence-corrected chi connectivity index (χ3v) is 0.827. The zero-order chi connectivity index (χ0) is 7.11. The maximum atomic E-state index is 6.58. The summed E-state index contributed by atoms with van der Waals surface area (Å²) in [4.78, 5) is 0. The Balaban J connectivity index is 0. The molecule has 0 amide bonds. The average molecular weight is 137 g/mol. The minimum absolute atomic E-state index is 0. The maximum absolute atomic E-state index is 6.58. The fraction of sp³-hybridized carbons (Fsp3) is 1.00. The predicted octanol–water partition coefficient (Wildman–Crippen LogP) is -0.752. The number of hydrogen-bond acceptors (Lipinski definition) is 1. The molecule has 0 aromatic heterocycles. The molecular formula is C7H16LiNO. The monoisotopic (exact) mass is 137 g/mol. The molecular weight excluding hydrogens is 121 g/mol. The molecule has 2 nitrogen and oxygen atoms in total. The van der Waals surface area contributed by atoms with Crippen LogP contribution in [0, 0.1) is 0 Å². The van der Waals surface area contributed by atoms with Crippen molar-refractivity contribution < 1.29 is 23.6 Å². The Labute approximate surface area is 75.7 Å². The molecule has 1 saturated heterocycles. The van der Waals surface area contributed by atoms with Gasteiger partial charge >= 0.3 is 18.9 Å². The molecule has 1 aliphatic rings. The number of hydrogen-bond donors (Lipinski definition) is 0. The number of rotatable bonds is 0. The second-order valence-electron chi connectivity index (χ2n) is 2.47. The van der Waals surface area contributed by atoms with Crippen molar-refractivity contribution in [1.82, 2.24) is 0 Å². The molecule has 1 N–H and O–H groups in total. The van der Waals surface area contributed by atoms with Crippen LogP contribution >= 0.6 is 0 Å². The summed E-state index contributed by atoms with van der Waals surface area (Å²) in [5, 5.41) is 0. The van der Waals surface area contributed by atoms with Gasteiger partial charge in [-0.15, -0.1) is 6.04 Å². The molecule has 10 heavy (non-hydrogen) atoms. The van der Waals surface area contributed by atoms with Crippen LogP contribution in [0.25, 0.3) is 5.73 Å². The fourth-order valence-electron chi connectivity index (χ4n) is 0.510. The second kappa shape index (κ2) is 9.52. The van der Waals surface area contributed by atoms with E-state index in [0.29, 0.717) is 0 Å².